The third-order valence-electron chi connectivity index (χ3n) is 2.27. The van der Waals surface area contributed by atoms with Crippen LogP contribution in [0.3, 0.4) is 0 Å². The van der Waals surface area contributed by atoms with Gasteiger partial charge in [0.15, 0.2) is 0 Å². The lowest BCUT2D eigenvalue weighted by Crippen LogP contribution is -2.14. The Bertz CT molecular complexity index is 88.6. The van der Waals surface area contributed by atoms with Crippen LogP contribution >= 0.6 is 0 Å². The maximum atomic E-state index is 5.61. The lowest BCUT2D eigenvalue weighted by Gasteiger charge is -2.01. The highest BCUT2D eigenvalue weighted by molar-refractivity contribution is 4.82. The van der Waals surface area contributed by atoms with Gasteiger partial charge in [-0.15, -0.1) is 0 Å². The molecule has 0 aromatic heterocycles. The molecular weight excluding hydrogens is 110 g/mol. The van der Waals surface area contributed by atoms with E-state index in [2.05, 4.69) is 13.8 Å². The third kappa shape index (κ3) is 2.35. The second-order valence-electron chi connectivity index (χ2n) is 3.53. The molecule has 0 amide bonds. The van der Waals surface area contributed by atoms with E-state index in [0.717, 1.165) is 11.8 Å². The summed E-state index contributed by atoms with van der Waals surface area (Å²) in [7, 11) is 0. The standard InChI is InChI=1S/C8H17N/c1-6-5-8(6)4-3-7(2)9/h6-8H,3-5,9H2,1-2H3. The van der Waals surface area contributed by atoms with Crippen molar-refractivity contribution >= 4 is 0 Å². The fourth-order valence-corrected chi connectivity index (χ4v) is 1.28. The van der Waals surface area contributed by atoms with Crippen LogP contribution in [0.25, 0.3) is 0 Å². The second kappa shape index (κ2) is 2.70. The zero-order chi connectivity index (χ0) is 6.85. The van der Waals surface area contributed by atoms with Crippen molar-refractivity contribution in [1.82, 2.24) is 0 Å². The van der Waals surface area contributed by atoms with Gasteiger partial charge in [0.2, 0.25) is 0 Å². The largest absolute Gasteiger partial charge is 0.328 e. The summed E-state index contributed by atoms with van der Waals surface area (Å²) in [6.07, 6.45) is 4.03. The fourth-order valence-electron chi connectivity index (χ4n) is 1.28. The van der Waals surface area contributed by atoms with Crippen molar-refractivity contribution in [3.05, 3.63) is 0 Å². The first-order chi connectivity index (χ1) is 4.20. The van der Waals surface area contributed by atoms with Crippen molar-refractivity contribution < 1.29 is 0 Å². The summed E-state index contributed by atoms with van der Waals surface area (Å²) < 4.78 is 0. The predicted molar refractivity (Wildman–Crippen MR) is 40.2 cm³/mol. The third-order valence-corrected chi connectivity index (χ3v) is 2.27. The van der Waals surface area contributed by atoms with Crippen molar-refractivity contribution in [2.24, 2.45) is 17.6 Å². The molecule has 0 aromatic rings. The molecule has 3 atom stereocenters. The SMILES string of the molecule is CC(N)CCC1CC1C. The van der Waals surface area contributed by atoms with Crippen LogP contribution in [0.5, 0.6) is 0 Å². The van der Waals surface area contributed by atoms with Crippen LogP contribution in [0.2, 0.25) is 0 Å². The minimum absolute atomic E-state index is 0.415. The summed E-state index contributed by atoms with van der Waals surface area (Å²) in [5.74, 6) is 2.03. The van der Waals surface area contributed by atoms with E-state index in [1.54, 1.807) is 0 Å². The van der Waals surface area contributed by atoms with Gasteiger partial charge in [-0.2, -0.15) is 0 Å². The summed E-state index contributed by atoms with van der Waals surface area (Å²) in [6.45, 7) is 4.42. The number of hydrogen-bond acceptors (Lipinski definition) is 1. The predicted octanol–water partition coefficient (Wildman–Crippen LogP) is 1.77. The quantitative estimate of drug-likeness (QED) is 0.614. The van der Waals surface area contributed by atoms with E-state index >= 15 is 0 Å². The van der Waals surface area contributed by atoms with E-state index in [1.807, 2.05) is 0 Å². The highest BCUT2D eigenvalue weighted by atomic mass is 14.6. The Morgan fingerprint density at radius 1 is 1.67 bits per heavy atom. The molecule has 9 heavy (non-hydrogen) atoms. The fraction of sp³-hybridized carbons (Fsp3) is 1.00. The molecule has 1 heteroatoms. The molecule has 0 aliphatic heterocycles. The molecular formula is C8H17N. The average Bonchev–Trinajstić information content (AvgIpc) is 2.42. The first kappa shape index (κ1) is 7.07. The maximum absolute atomic E-state index is 5.61. The van der Waals surface area contributed by atoms with Crippen molar-refractivity contribution in [1.29, 1.82) is 0 Å². The van der Waals surface area contributed by atoms with Gasteiger partial charge in [0.25, 0.3) is 0 Å². The van der Waals surface area contributed by atoms with Gasteiger partial charge in [-0.1, -0.05) is 6.92 Å². The molecule has 1 fully saturated rings. The lowest BCUT2D eigenvalue weighted by atomic mass is 10.1. The number of nitrogens with two attached hydrogens (primary N) is 1. The first-order valence-electron chi connectivity index (χ1n) is 3.95. The zero-order valence-electron chi connectivity index (χ0n) is 6.43. The Morgan fingerprint density at radius 3 is 2.56 bits per heavy atom. The van der Waals surface area contributed by atoms with Crippen LogP contribution < -0.4 is 5.73 Å². The van der Waals surface area contributed by atoms with Crippen LogP contribution in [0, 0.1) is 11.8 Å². The van der Waals surface area contributed by atoms with Gasteiger partial charge in [0, 0.05) is 6.04 Å². The van der Waals surface area contributed by atoms with Crippen molar-refractivity contribution in [3.8, 4) is 0 Å². The Hall–Kier alpha value is -0.0400. The molecule has 0 aromatic carbocycles. The molecule has 54 valence electrons. The van der Waals surface area contributed by atoms with E-state index in [0.29, 0.717) is 6.04 Å². The summed E-state index contributed by atoms with van der Waals surface area (Å²) in [5.41, 5.74) is 5.61. The molecule has 0 radical (unpaired) electrons. The number of rotatable bonds is 3. The van der Waals surface area contributed by atoms with Gasteiger partial charge in [-0.25, -0.2) is 0 Å². The van der Waals surface area contributed by atoms with Gasteiger partial charge in [0.05, 0.1) is 0 Å². The van der Waals surface area contributed by atoms with E-state index in [9.17, 15) is 0 Å². The van der Waals surface area contributed by atoms with Crippen molar-refractivity contribution in [3.63, 3.8) is 0 Å². The van der Waals surface area contributed by atoms with Crippen LogP contribution in [0.1, 0.15) is 33.1 Å². The van der Waals surface area contributed by atoms with Gasteiger partial charge in [-0.3, -0.25) is 0 Å². The summed E-state index contributed by atoms with van der Waals surface area (Å²) >= 11 is 0. The molecule has 2 N–H and O–H groups in total. The van der Waals surface area contributed by atoms with E-state index in [1.165, 1.54) is 19.3 Å². The minimum atomic E-state index is 0.415. The van der Waals surface area contributed by atoms with Crippen molar-refractivity contribution in [2.75, 3.05) is 0 Å². The summed E-state index contributed by atoms with van der Waals surface area (Å²) in [6, 6.07) is 0.415. The van der Waals surface area contributed by atoms with Gasteiger partial charge < -0.3 is 5.73 Å². The molecule has 1 nitrogen and oxygen atoms in total. The Morgan fingerprint density at radius 2 is 2.22 bits per heavy atom. The molecule has 1 aliphatic carbocycles. The first-order valence-corrected chi connectivity index (χ1v) is 3.95. The summed E-state index contributed by atoms with van der Waals surface area (Å²) in [5, 5.41) is 0. The molecule has 3 unspecified atom stereocenters. The van der Waals surface area contributed by atoms with Gasteiger partial charge >= 0.3 is 0 Å². The monoisotopic (exact) mass is 127 g/mol. The van der Waals surface area contributed by atoms with Crippen LogP contribution in [-0.4, -0.2) is 6.04 Å². The van der Waals surface area contributed by atoms with E-state index in [4.69, 9.17) is 5.73 Å². The Kier molecular flexibility index (Phi) is 2.12. The summed E-state index contributed by atoms with van der Waals surface area (Å²) in [4.78, 5) is 0. The zero-order valence-corrected chi connectivity index (χ0v) is 6.43. The molecule has 1 rings (SSSR count). The van der Waals surface area contributed by atoms with E-state index < -0.39 is 0 Å². The molecule has 0 spiro atoms. The maximum Gasteiger partial charge on any atom is 0.00105 e. The number of hydrogen-bond donors (Lipinski definition) is 1. The Labute approximate surface area is 57.6 Å². The highest BCUT2D eigenvalue weighted by Gasteiger charge is 2.31. The van der Waals surface area contributed by atoms with Crippen LogP contribution in [0.15, 0.2) is 0 Å². The minimum Gasteiger partial charge on any atom is -0.328 e. The molecule has 0 bridgehead atoms. The average molecular weight is 127 g/mol. The molecule has 0 heterocycles. The van der Waals surface area contributed by atoms with Gasteiger partial charge in [0.1, 0.15) is 0 Å². The second-order valence-corrected chi connectivity index (χ2v) is 3.53. The molecule has 1 aliphatic rings. The lowest BCUT2D eigenvalue weighted by molar-refractivity contribution is 0.566. The van der Waals surface area contributed by atoms with E-state index in [-0.39, 0.29) is 0 Å². The topological polar surface area (TPSA) is 26.0 Å². The normalized spacial score (nSPS) is 36.3. The smallest absolute Gasteiger partial charge is 0.00105 e. The van der Waals surface area contributed by atoms with Crippen LogP contribution in [0.4, 0.5) is 0 Å². The van der Waals surface area contributed by atoms with Crippen molar-refractivity contribution in [2.45, 2.75) is 39.2 Å². The highest BCUT2D eigenvalue weighted by Crippen LogP contribution is 2.41. The molecule has 1 saturated carbocycles. The van der Waals surface area contributed by atoms with Gasteiger partial charge in [-0.05, 0) is 38.0 Å². The molecule has 0 saturated heterocycles. The Balaban J connectivity index is 1.94. The van der Waals surface area contributed by atoms with Crippen LogP contribution in [-0.2, 0) is 0 Å².